The van der Waals surface area contributed by atoms with Crippen LogP contribution < -0.4 is 0 Å². The largest absolute Gasteiger partial charge is 0.507 e. The van der Waals surface area contributed by atoms with Gasteiger partial charge in [-0.05, 0) is 23.8 Å². The summed E-state index contributed by atoms with van der Waals surface area (Å²) in [6, 6.07) is 13.4. The number of benzene rings is 2. The van der Waals surface area contributed by atoms with E-state index < -0.39 is 0 Å². The second-order valence-corrected chi connectivity index (χ2v) is 3.64. The Morgan fingerprint density at radius 3 is 2.24 bits per heavy atom. The fraction of sp³-hybridized carbons (Fsp3) is 0. The summed E-state index contributed by atoms with van der Waals surface area (Å²) in [5.41, 5.74) is 1.31. The van der Waals surface area contributed by atoms with E-state index in [2.05, 4.69) is 0 Å². The van der Waals surface area contributed by atoms with E-state index in [4.69, 9.17) is 5.11 Å². The van der Waals surface area contributed by atoms with Crippen molar-refractivity contribution in [3.8, 4) is 11.5 Å². The minimum absolute atomic E-state index is 0.107. The zero-order valence-electron chi connectivity index (χ0n) is 9.04. The molecule has 86 valence electrons. The zero-order chi connectivity index (χ0) is 12.3. The molecule has 17 heavy (non-hydrogen) atoms. The van der Waals surface area contributed by atoms with Crippen LogP contribution in [0.2, 0.25) is 0 Å². The molecule has 0 saturated heterocycles. The van der Waals surface area contributed by atoms with E-state index in [-0.39, 0.29) is 17.3 Å². The lowest BCUT2D eigenvalue weighted by Gasteiger charge is -2.02. The number of phenolic OH excluding ortho intramolecular Hbond substituents is 2. The molecule has 2 aromatic carbocycles. The third kappa shape index (κ3) is 2.58. The molecule has 0 spiro atoms. The highest BCUT2D eigenvalue weighted by Gasteiger charge is 2.01. The molecule has 3 nitrogen and oxygen atoms in total. The van der Waals surface area contributed by atoms with Crippen molar-refractivity contribution in [2.45, 2.75) is 0 Å². The van der Waals surface area contributed by atoms with Crippen LogP contribution in [0.25, 0.3) is 11.8 Å². The fourth-order valence-corrected chi connectivity index (χ4v) is 1.48. The number of aliphatic hydroxyl groups excluding tert-OH is 1. The quantitative estimate of drug-likeness (QED) is 0.420. The van der Waals surface area contributed by atoms with Crippen LogP contribution in [0.3, 0.4) is 0 Å². The Morgan fingerprint density at radius 1 is 0.882 bits per heavy atom. The van der Waals surface area contributed by atoms with Crippen molar-refractivity contribution in [2.24, 2.45) is 0 Å². The van der Waals surface area contributed by atoms with Gasteiger partial charge in [-0.1, -0.05) is 36.4 Å². The third-order valence-corrected chi connectivity index (χ3v) is 2.37. The van der Waals surface area contributed by atoms with Crippen LogP contribution in [0.5, 0.6) is 11.5 Å². The first-order valence-corrected chi connectivity index (χ1v) is 5.15. The first kappa shape index (κ1) is 11.1. The van der Waals surface area contributed by atoms with E-state index in [9.17, 15) is 10.2 Å². The molecule has 2 rings (SSSR count). The molecule has 0 amide bonds. The highest BCUT2D eigenvalue weighted by molar-refractivity contribution is 5.76. The molecular formula is C14H12O3. The maximum atomic E-state index is 9.85. The molecule has 0 unspecified atom stereocenters. The predicted octanol–water partition coefficient (Wildman–Crippen LogP) is 3.15. The van der Waals surface area contributed by atoms with Gasteiger partial charge < -0.3 is 15.3 Å². The summed E-state index contributed by atoms with van der Waals surface area (Å²) in [5, 5.41) is 28.3. The van der Waals surface area contributed by atoms with Gasteiger partial charge in [0.2, 0.25) is 0 Å². The molecule has 3 N–H and O–H groups in total. The average molecular weight is 228 g/mol. The van der Waals surface area contributed by atoms with Crippen LogP contribution in [-0.4, -0.2) is 15.3 Å². The number of rotatable bonds is 2. The van der Waals surface area contributed by atoms with Crippen molar-refractivity contribution in [3.63, 3.8) is 0 Å². The lowest BCUT2D eigenvalue weighted by atomic mass is 10.1. The van der Waals surface area contributed by atoms with Crippen molar-refractivity contribution in [2.75, 3.05) is 0 Å². The normalized spacial score (nSPS) is 11.4. The highest BCUT2D eigenvalue weighted by atomic mass is 16.3. The monoisotopic (exact) mass is 228 g/mol. The third-order valence-electron chi connectivity index (χ3n) is 2.37. The number of aliphatic hydroxyl groups is 1. The van der Waals surface area contributed by atoms with Gasteiger partial charge in [-0.25, -0.2) is 0 Å². The standard InChI is InChI=1S/C14H12O3/c15-12-7-6-10(9-14(12)17)8-13(16)11-4-2-1-3-5-11/h1-9,15-17H/b13-8-. The van der Waals surface area contributed by atoms with Crippen LogP contribution in [0.1, 0.15) is 11.1 Å². The highest BCUT2D eigenvalue weighted by Crippen LogP contribution is 2.26. The smallest absolute Gasteiger partial charge is 0.157 e. The Morgan fingerprint density at radius 2 is 1.59 bits per heavy atom. The lowest BCUT2D eigenvalue weighted by molar-refractivity contribution is 0.403. The second-order valence-electron chi connectivity index (χ2n) is 3.64. The lowest BCUT2D eigenvalue weighted by Crippen LogP contribution is -1.82. The van der Waals surface area contributed by atoms with Crippen LogP contribution in [0, 0.1) is 0 Å². The van der Waals surface area contributed by atoms with Gasteiger partial charge in [0, 0.05) is 5.56 Å². The molecule has 0 atom stereocenters. The summed E-state index contributed by atoms with van der Waals surface area (Å²) in [7, 11) is 0. The van der Waals surface area contributed by atoms with Gasteiger partial charge in [-0.3, -0.25) is 0 Å². The maximum Gasteiger partial charge on any atom is 0.157 e. The Kier molecular flexibility index (Phi) is 3.01. The Labute approximate surface area is 98.9 Å². The molecule has 3 heteroatoms. The Balaban J connectivity index is 2.33. The molecule has 0 heterocycles. The van der Waals surface area contributed by atoms with Crippen LogP contribution >= 0.6 is 0 Å². The molecule has 0 aliphatic carbocycles. The Bertz CT molecular complexity index is 545. The van der Waals surface area contributed by atoms with Crippen LogP contribution in [0.15, 0.2) is 48.5 Å². The molecular weight excluding hydrogens is 216 g/mol. The van der Waals surface area contributed by atoms with Crippen molar-refractivity contribution in [1.82, 2.24) is 0 Å². The number of hydrogen-bond donors (Lipinski definition) is 3. The zero-order valence-corrected chi connectivity index (χ0v) is 9.04. The summed E-state index contributed by atoms with van der Waals surface area (Å²) in [6.45, 7) is 0. The van der Waals surface area contributed by atoms with Crippen molar-refractivity contribution in [3.05, 3.63) is 59.7 Å². The first-order chi connectivity index (χ1) is 8.16. The average Bonchev–Trinajstić information content (AvgIpc) is 2.35. The van der Waals surface area contributed by atoms with Gasteiger partial charge in [-0.15, -0.1) is 0 Å². The molecule has 0 aromatic heterocycles. The molecule has 0 saturated carbocycles. The van der Waals surface area contributed by atoms with E-state index in [1.54, 1.807) is 18.2 Å². The molecule has 2 aromatic rings. The van der Waals surface area contributed by atoms with E-state index in [0.717, 1.165) is 0 Å². The van der Waals surface area contributed by atoms with Gasteiger partial charge in [0.15, 0.2) is 11.5 Å². The molecule has 0 radical (unpaired) electrons. The Hall–Kier alpha value is -2.42. The van der Waals surface area contributed by atoms with E-state index >= 15 is 0 Å². The minimum atomic E-state index is -0.209. The summed E-state index contributed by atoms with van der Waals surface area (Å²) in [6.07, 6.45) is 1.52. The topological polar surface area (TPSA) is 60.7 Å². The van der Waals surface area contributed by atoms with Crippen LogP contribution in [0.4, 0.5) is 0 Å². The molecule has 0 aliphatic rings. The number of aromatic hydroxyl groups is 2. The van der Waals surface area contributed by atoms with Gasteiger partial charge in [0.25, 0.3) is 0 Å². The van der Waals surface area contributed by atoms with Gasteiger partial charge in [0.1, 0.15) is 5.76 Å². The van der Waals surface area contributed by atoms with Gasteiger partial charge in [0.05, 0.1) is 0 Å². The second kappa shape index (κ2) is 4.61. The molecule has 0 aliphatic heterocycles. The van der Waals surface area contributed by atoms with Crippen LogP contribution in [-0.2, 0) is 0 Å². The number of phenols is 2. The maximum absolute atomic E-state index is 9.85. The van der Waals surface area contributed by atoms with Crippen molar-refractivity contribution >= 4 is 11.8 Å². The molecule has 0 bridgehead atoms. The van der Waals surface area contributed by atoms with E-state index in [1.807, 2.05) is 18.2 Å². The predicted molar refractivity (Wildman–Crippen MR) is 66.7 cm³/mol. The summed E-state index contributed by atoms with van der Waals surface area (Å²) in [5.74, 6) is -0.281. The summed E-state index contributed by atoms with van der Waals surface area (Å²) >= 11 is 0. The van der Waals surface area contributed by atoms with E-state index in [0.29, 0.717) is 11.1 Å². The minimum Gasteiger partial charge on any atom is -0.507 e. The van der Waals surface area contributed by atoms with Gasteiger partial charge >= 0.3 is 0 Å². The first-order valence-electron chi connectivity index (χ1n) is 5.15. The van der Waals surface area contributed by atoms with E-state index in [1.165, 1.54) is 18.2 Å². The van der Waals surface area contributed by atoms with Gasteiger partial charge in [-0.2, -0.15) is 0 Å². The summed E-state index contributed by atoms with van der Waals surface area (Å²) < 4.78 is 0. The fourth-order valence-electron chi connectivity index (χ4n) is 1.48. The summed E-state index contributed by atoms with van der Waals surface area (Å²) in [4.78, 5) is 0. The number of hydrogen-bond acceptors (Lipinski definition) is 3. The SMILES string of the molecule is O/C(=C\c1ccc(O)c(O)c1)c1ccccc1. The van der Waals surface area contributed by atoms with Crippen molar-refractivity contribution < 1.29 is 15.3 Å². The van der Waals surface area contributed by atoms with Crippen molar-refractivity contribution in [1.29, 1.82) is 0 Å². The molecule has 0 fully saturated rings.